The molecule has 0 aliphatic heterocycles. The fourth-order valence-electron chi connectivity index (χ4n) is 3.09. The number of phenolic OH excluding ortho intramolecular Hbond substituents is 1. The van der Waals surface area contributed by atoms with Crippen LogP contribution in [0.1, 0.15) is 55.2 Å². The Bertz CT molecular complexity index is 491. The lowest BCUT2D eigenvalue weighted by Crippen LogP contribution is -2.24. The van der Waals surface area contributed by atoms with Crippen LogP contribution in [0.4, 0.5) is 0 Å². The summed E-state index contributed by atoms with van der Waals surface area (Å²) in [5.41, 5.74) is 3.02. The highest BCUT2D eigenvalue weighted by Gasteiger charge is 2.34. The molecule has 1 aliphatic rings. The summed E-state index contributed by atoms with van der Waals surface area (Å²) in [6, 6.07) is 3.78. The molecule has 0 saturated heterocycles. The van der Waals surface area contributed by atoms with Gasteiger partial charge in [-0.2, -0.15) is 0 Å². The minimum absolute atomic E-state index is 0.202. The molecule has 0 radical (unpaired) electrons. The molecule has 0 bridgehead atoms. The molecule has 3 heteroatoms. The summed E-state index contributed by atoms with van der Waals surface area (Å²) in [7, 11) is 1.42. The number of aromatic hydroxyl groups is 1. The number of rotatable bonds is 2. The van der Waals surface area contributed by atoms with Gasteiger partial charge in [0.15, 0.2) is 0 Å². The number of benzene rings is 1. The predicted octanol–water partition coefficient (Wildman–Crippen LogP) is 3.49. The maximum Gasteiger partial charge on any atom is 0.313 e. The van der Waals surface area contributed by atoms with Crippen molar-refractivity contribution in [3.05, 3.63) is 28.8 Å². The molecule has 104 valence electrons. The molecule has 0 amide bonds. The Morgan fingerprint density at radius 1 is 1.32 bits per heavy atom. The molecule has 0 spiro atoms. The van der Waals surface area contributed by atoms with Crippen molar-refractivity contribution < 1.29 is 14.6 Å². The second kappa shape index (κ2) is 5.24. The molecule has 0 fully saturated rings. The minimum atomic E-state index is -0.235. The van der Waals surface area contributed by atoms with Crippen molar-refractivity contribution >= 4 is 5.97 Å². The molecule has 0 unspecified atom stereocenters. The summed E-state index contributed by atoms with van der Waals surface area (Å²) in [6.45, 7) is 6.30. The second-order valence-electron chi connectivity index (χ2n) is 5.77. The number of phenols is 1. The van der Waals surface area contributed by atoms with Crippen LogP contribution in [0.3, 0.4) is 0 Å². The smallest absolute Gasteiger partial charge is 0.313 e. The van der Waals surface area contributed by atoms with E-state index >= 15 is 0 Å². The highest BCUT2D eigenvalue weighted by atomic mass is 16.5. The number of hydrogen-bond acceptors (Lipinski definition) is 3. The third kappa shape index (κ3) is 2.46. The maximum atomic E-state index is 11.9. The van der Waals surface area contributed by atoms with Crippen molar-refractivity contribution in [1.29, 1.82) is 0 Å². The van der Waals surface area contributed by atoms with Crippen molar-refractivity contribution in [2.45, 2.75) is 45.4 Å². The van der Waals surface area contributed by atoms with E-state index in [0.717, 1.165) is 24.0 Å². The van der Waals surface area contributed by atoms with Gasteiger partial charge in [-0.25, -0.2) is 0 Å². The van der Waals surface area contributed by atoms with Crippen molar-refractivity contribution in [2.24, 2.45) is 5.92 Å². The third-order valence-electron chi connectivity index (χ3n) is 4.23. The molecule has 1 aromatic carbocycles. The van der Waals surface area contributed by atoms with Crippen LogP contribution < -0.4 is 0 Å². The molecular formula is C16H22O3. The molecule has 3 nitrogen and oxygen atoms in total. The SMILES string of the molecule is COC(=O)[C@@H]1CC[C@H](C(C)C)c2cc(C)c(O)cc21. The van der Waals surface area contributed by atoms with Crippen LogP contribution in [-0.2, 0) is 9.53 Å². The monoisotopic (exact) mass is 262 g/mol. The minimum Gasteiger partial charge on any atom is -0.508 e. The zero-order valence-corrected chi connectivity index (χ0v) is 12.1. The van der Waals surface area contributed by atoms with Crippen LogP contribution in [-0.4, -0.2) is 18.2 Å². The molecule has 1 N–H and O–H groups in total. The molecule has 2 rings (SSSR count). The highest BCUT2D eigenvalue weighted by molar-refractivity contribution is 5.79. The van der Waals surface area contributed by atoms with E-state index in [0.29, 0.717) is 11.8 Å². The largest absolute Gasteiger partial charge is 0.508 e. The molecule has 0 saturated carbocycles. The normalized spacial score (nSPS) is 22.2. The molecule has 1 aliphatic carbocycles. The number of carbonyl (C=O) groups is 1. The standard InChI is InChI=1S/C16H22O3/c1-9(2)11-5-6-12(16(18)19-4)14-8-15(17)10(3)7-13(11)14/h7-9,11-12,17H,5-6H2,1-4H3/t11-,12-/m1/s1. The Kier molecular flexibility index (Phi) is 3.83. The average Bonchev–Trinajstić information content (AvgIpc) is 2.37. The van der Waals surface area contributed by atoms with Crippen molar-refractivity contribution in [3.8, 4) is 5.75 Å². The number of hydrogen-bond donors (Lipinski definition) is 1. The van der Waals surface area contributed by atoms with Gasteiger partial charge in [-0.1, -0.05) is 19.9 Å². The lowest BCUT2D eigenvalue weighted by molar-refractivity contribution is -0.142. The van der Waals surface area contributed by atoms with Crippen molar-refractivity contribution in [3.63, 3.8) is 0 Å². The first kappa shape index (κ1) is 13.9. The molecular weight excluding hydrogens is 240 g/mol. The Balaban J connectivity index is 2.53. The van der Waals surface area contributed by atoms with Gasteiger partial charge in [0.25, 0.3) is 0 Å². The first-order valence-electron chi connectivity index (χ1n) is 6.87. The fraction of sp³-hybridized carbons (Fsp3) is 0.562. The molecule has 0 heterocycles. The first-order chi connectivity index (χ1) is 8.95. The summed E-state index contributed by atoms with van der Waals surface area (Å²) < 4.78 is 4.89. The van der Waals surface area contributed by atoms with Gasteiger partial charge in [0.05, 0.1) is 13.0 Å². The quantitative estimate of drug-likeness (QED) is 0.830. The number of methoxy groups -OCH3 is 1. The van der Waals surface area contributed by atoms with Gasteiger partial charge in [-0.3, -0.25) is 4.79 Å². The first-order valence-corrected chi connectivity index (χ1v) is 6.87. The van der Waals surface area contributed by atoms with Gasteiger partial charge >= 0.3 is 5.97 Å². The Morgan fingerprint density at radius 2 is 2.00 bits per heavy atom. The second-order valence-corrected chi connectivity index (χ2v) is 5.77. The Hall–Kier alpha value is -1.51. The summed E-state index contributed by atoms with van der Waals surface area (Å²) in [4.78, 5) is 11.9. The van der Waals surface area contributed by atoms with Crippen LogP contribution in [0.5, 0.6) is 5.75 Å². The number of ether oxygens (including phenoxy) is 1. The highest BCUT2D eigenvalue weighted by Crippen LogP contribution is 2.44. The maximum absolute atomic E-state index is 11.9. The number of esters is 1. The van der Waals surface area contributed by atoms with Crippen molar-refractivity contribution in [1.82, 2.24) is 0 Å². The number of aryl methyl sites for hydroxylation is 1. The third-order valence-corrected chi connectivity index (χ3v) is 4.23. The van der Waals surface area contributed by atoms with E-state index in [4.69, 9.17) is 4.74 Å². The van der Waals surface area contributed by atoms with Crippen LogP contribution in [0.15, 0.2) is 12.1 Å². The summed E-state index contributed by atoms with van der Waals surface area (Å²) in [5, 5.41) is 9.92. The predicted molar refractivity (Wildman–Crippen MR) is 74.4 cm³/mol. The van der Waals surface area contributed by atoms with E-state index in [1.54, 1.807) is 6.07 Å². The van der Waals surface area contributed by atoms with Crippen molar-refractivity contribution in [2.75, 3.05) is 7.11 Å². The van der Waals surface area contributed by atoms with E-state index in [2.05, 4.69) is 13.8 Å². The van der Waals surface area contributed by atoms with Crippen LogP contribution >= 0.6 is 0 Å². The summed E-state index contributed by atoms with van der Waals surface area (Å²) in [6.07, 6.45) is 1.79. The van der Waals surface area contributed by atoms with E-state index in [1.165, 1.54) is 12.7 Å². The molecule has 1 aromatic rings. The summed E-state index contributed by atoms with van der Waals surface area (Å²) >= 11 is 0. The van der Waals surface area contributed by atoms with Gasteiger partial charge in [0, 0.05) is 0 Å². The number of fused-ring (bicyclic) bond motifs is 1. The van der Waals surface area contributed by atoms with Gasteiger partial charge in [0.2, 0.25) is 0 Å². The van der Waals surface area contributed by atoms with Gasteiger partial charge in [0.1, 0.15) is 5.75 Å². The zero-order chi connectivity index (χ0) is 14.2. The van der Waals surface area contributed by atoms with Gasteiger partial charge in [-0.15, -0.1) is 0 Å². The zero-order valence-electron chi connectivity index (χ0n) is 12.1. The average molecular weight is 262 g/mol. The van der Waals surface area contributed by atoms with Crippen LogP contribution in [0.25, 0.3) is 0 Å². The van der Waals surface area contributed by atoms with E-state index < -0.39 is 0 Å². The van der Waals surface area contributed by atoms with E-state index in [-0.39, 0.29) is 17.6 Å². The Labute approximate surface area is 114 Å². The van der Waals surface area contributed by atoms with Crippen LogP contribution in [0, 0.1) is 12.8 Å². The lowest BCUT2D eigenvalue weighted by atomic mass is 9.72. The van der Waals surface area contributed by atoms with Crippen LogP contribution in [0.2, 0.25) is 0 Å². The Morgan fingerprint density at radius 3 is 2.58 bits per heavy atom. The number of carbonyl (C=O) groups excluding carboxylic acids is 1. The van der Waals surface area contributed by atoms with Gasteiger partial charge < -0.3 is 9.84 Å². The van der Waals surface area contributed by atoms with E-state index in [1.807, 2.05) is 13.0 Å². The summed E-state index contributed by atoms with van der Waals surface area (Å²) in [5.74, 6) is 0.807. The molecule has 0 aromatic heterocycles. The lowest BCUT2D eigenvalue weighted by Gasteiger charge is -2.33. The van der Waals surface area contributed by atoms with E-state index in [9.17, 15) is 9.90 Å². The molecule has 19 heavy (non-hydrogen) atoms. The molecule has 2 atom stereocenters. The topological polar surface area (TPSA) is 46.5 Å². The van der Waals surface area contributed by atoms with Gasteiger partial charge in [-0.05, 0) is 54.4 Å². The fourth-order valence-corrected chi connectivity index (χ4v) is 3.09.